The summed E-state index contributed by atoms with van der Waals surface area (Å²) in [7, 11) is 0. The quantitative estimate of drug-likeness (QED) is 0.823. The number of hydrogen-bond donors (Lipinski definition) is 1. The molecule has 6 nitrogen and oxygen atoms in total. The Bertz CT molecular complexity index is 457. The first-order valence-electron chi connectivity index (χ1n) is 7.04. The van der Waals surface area contributed by atoms with Crippen LogP contribution >= 0.6 is 0 Å². The Morgan fingerprint density at radius 3 is 2.84 bits per heavy atom. The Kier molecular flexibility index (Phi) is 3.26. The van der Waals surface area contributed by atoms with Crippen LogP contribution < -0.4 is 5.32 Å². The normalized spacial score (nSPS) is 22.7. The van der Waals surface area contributed by atoms with Gasteiger partial charge in [-0.25, -0.2) is 0 Å². The Hall–Kier alpha value is -1.43. The fourth-order valence-electron chi connectivity index (χ4n) is 3.32. The standard InChI is InChI=1S/C13H20N4O2/c1-10-15-11(16-19-10)12(18)17-8-7-14-9-13(17)5-3-2-4-6-13/h14H,2-9H2,1H3. The van der Waals surface area contributed by atoms with Gasteiger partial charge in [0.1, 0.15) is 0 Å². The summed E-state index contributed by atoms with van der Waals surface area (Å²) in [5.41, 5.74) is -0.0396. The molecule has 3 rings (SSSR count). The van der Waals surface area contributed by atoms with E-state index < -0.39 is 0 Å². The third-order valence-corrected chi connectivity index (χ3v) is 4.29. The molecule has 6 heteroatoms. The van der Waals surface area contributed by atoms with Gasteiger partial charge in [0.2, 0.25) is 5.89 Å². The van der Waals surface area contributed by atoms with E-state index in [4.69, 9.17) is 4.52 Å². The average molecular weight is 264 g/mol. The summed E-state index contributed by atoms with van der Waals surface area (Å²) in [6, 6.07) is 0. The lowest BCUT2D eigenvalue weighted by Gasteiger charge is -2.49. The molecule has 1 amide bonds. The van der Waals surface area contributed by atoms with Crippen LogP contribution in [0.5, 0.6) is 0 Å². The zero-order valence-electron chi connectivity index (χ0n) is 11.3. The van der Waals surface area contributed by atoms with Crippen molar-refractivity contribution in [3.63, 3.8) is 0 Å². The van der Waals surface area contributed by atoms with Gasteiger partial charge in [-0.15, -0.1) is 0 Å². The van der Waals surface area contributed by atoms with E-state index in [1.165, 1.54) is 19.3 Å². The molecular weight excluding hydrogens is 244 g/mol. The summed E-state index contributed by atoms with van der Waals surface area (Å²) < 4.78 is 4.93. The molecule has 0 atom stereocenters. The lowest BCUT2D eigenvalue weighted by Crippen LogP contribution is -2.63. The third-order valence-electron chi connectivity index (χ3n) is 4.29. The van der Waals surface area contributed by atoms with Gasteiger partial charge in [0.25, 0.3) is 11.7 Å². The number of rotatable bonds is 1. The van der Waals surface area contributed by atoms with Crippen LogP contribution in [0.2, 0.25) is 0 Å². The molecule has 104 valence electrons. The number of piperazine rings is 1. The molecule has 1 aromatic rings. The molecule has 0 radical (unpaired) electrons. The highest BCUT2D eigenvalue weighted by Crippen LogP contribution is 2.35. The van der Waals surface area contributed by atoms with Crippen LogP contribution in [0.1, 0.15) is 48.6 Å². The predicted octanol–water partition coefficient (Wildman–Crippen LogP) is 1.13. The molecule has 1 saturated carbocycles. The Morgan fingerprint density at radius 2 is 2.16 bits per heavy atom. The van der Waals surface area contributed by atoms with Gasteiger partial charge in [0.15, 0.2) is 0 Å². The zero-order valence-corrected chi connectivity index (χ0v) is 11.3. The van der Waals surface area contributed by atoms with Crippen molar-refractivity contribution >= 4 is 5.91 Å². The average Bonchev–Trinajstić information content (AvgIpc) is 2.86. The SMILES string of the molecule is Cc1nc(C(=O)N2CCNCC23CCCCC3)no1. The molecule has 1 spiro atoms. The molecule has 0 bridgehead atoms. The molecule has 1 N–H and O–H groups in total. The van der Waals surface area contributed by atoms with Crippen molar-refractivity contribution < 1.29 is 9.32 Å². The van der Waals surface area contributed by atoms with Gasteiger partial charge in [0.05, 0.1) is 5.54 Å². The maximum Gasteiger partial charge on any atom is 0.295 e. The Labute approximate surface area is 112 Å². The molecule has 2 fully saturated rings. The van der Waals surface area contributed by atoms with Gasteiger partial charge in [-0.05, 0) is 12.8 Å². The Morgan fingerprint density at radius 1 is 1.37 bits per heavy atom. The minimum Gasteiger partial charge on any atom is -0.339 e. The maximum absolute atomic E-state index is 12.6. The van der Waals surface area contributed by atoms with Crippen molar-refractivity contribution in [2.24, 2.45) is 0 Å². The fourth-order valence-corrected chi connectivity index (χ4v) is 3.32. The number of aromatic nitrogens is 2. The van der Waals surface area contributed by atoms with Gasteiger partial charge >= 0.3 is 0 Å². The molecule has 1 aliphatic carbocycles. The van der Waals surface area contributed by atoms with Crippen LogP contribution in [-0.2, 0) is 0 Å². The van der Waals surface area contributed by atoms with E-state index >= 15 is 0 Å². The molecule has 19 heavy (non-hydrogen) atoms. The second-order valence-corrected chi connectivity index (χ2v) is 5.56. The van der Waals surface area contributed by atoms with E-state index in [9.17, 15) is 4.79 Å². The highest BCUT2D eigenvalue weighted by Gasteiger charge is 2.43. The van der Waals surface area contributed by atoms with Gasteiger partial charge in [-0.2, -0.15) is 4.98 Å². The van der Waals surface area contributed by atoms with E-state index in [2.05, 4.69) is 15.5 Å². The number of carbonyl (C=O) groups excluding carboxylic acids is 1. The van der Waals surface area contributed by atoms with Crippen LogP contribution in [-0.4, -0.2) is 46.1 Å². The number of nitrogens with zero attached hydrogens (tertiary/aromatic N) is 3. The van der Waals surface area contributed by atoms with Crippen molar-refractivity contribution in [3.05, 3.63) is 11.7 Å². The lowest BCUT2D eigenvalue weighted by molar-refractivity contribution is 0.0209. The molecule has 2 heterocycles. The highest BCUT2D eigenvalue weighted by molar-refractivity contribution is 5.91. The van der Waals surface area contributed by atoms with Gasteiger partial charge in [0, 0.05) is 26.6 Å². The molecule has 1 aliphatic heterocycles. The van der Waals surface area contributed by atoms with Crippen molar-refractivity contribution in [2.75, 3.05) is 19.6 Å². The molecular formula is C13H20N4O2. The maximum atomic E-state index is 12.6. The summed E-state index contributed by atoms with van der Waals surface area (Å²) in [6.07, 6.45) is 5.80. The van der Waals surface area contributed by atoms with Crippen LogP contribution in [0, 0.1) is 6.92 Å². The first-order chi connectivity index (χ1) is 9.21. The van der Waals surface area contributed by atoms with Gasteiger partial charge in [-0.1, -0.05) is 24.4 Å². The third kappa shape index (κ3) is 2.25. The van der Waals surface area contributed by atoms with Crippen LogP contribution in [0.3, 0.4) is 0 Å². The van der Waals surface area contributed by atoms with Crippen molar-refractivity contribution in [3.8, 4) is 0 Å². The lowest BCUT2D eigenvalue weighted by atomic mass is 9.79. The fraction of sp³-hybridized carbons (Fsp3) is 0.769. The van der Waals surface area contributed by atoms with Crippen molar-refractivity contribution in [2.45, 2.75) is 44.6 Å². The minimum atomic E-state index is -0.0831. The second kappa shape index (κ2) is 4.92. The molecule has 1 saturated heterocycles. The largest absolute Gasteiger partial charge is 0.339 e. The number of aryl methyl sites for hydroxylation is 1. The monoisotopic (exact) mass is 264 g/mol. The van der Waals surface area contributed by atoms with Crippen LogP contribution in [0.15, 0.2) is 4.52 Å². The summed E-state index contributed by atoms with van der Waals surface area (Å²) >= 11 is 0. The first kappa shape index (κ1) is 12.6. The van der Waals surface area contributed by atoms with Crippen LogP contribution in [0.4, 0.5) is 0 Å². The Balaban J connectivity index is 1.85. The predicted molar refractivity (Wildman–Crippen MR) is 68.8 cm³/mol. The zero-order chi connectivity index (χ0) is 13.3. The molecule has 2 aliphatic rings. The summed E-state index contributed by atoms with van der Waals surface area (Å²) in [4.78, 5) is 18.7. The smallest absolute Gasteiger partial charge is 0.295 e. The van der Waals surface area contributed by atoms with E-state index in [0.717, 1.165) is 32.5 Å². The molecule has 1 aromatic heterocycles. The summed E-state index contributed by atoms with van der Waals surface area (Å²) in [6.45, 7) is 4.16. The number of amides is 1. The van der Waals surface area contributed by atoms with Gasteiger partial charge < -0.3 is 14.7 Å². The molecule has 0 unspecified atom stereocenters. The van der Waals surface area contributed by atoms with E-state index in [0.29, 0.717) is 5.89 Å². The molecule has 0 aromatic carbocycles. The number of carbonyl (C=O) groups is 1. The second-order valence-electron chi connectivity index (χ2n) is 5.56. The van der Waals surface area contributed by atoms with E-state index in [-0.39, 0.29) is 17.3 Å². The van der Waals surface area contributed by atoms with Crippen LogP contribution in [0.25, 0.3) is 0 Å². The van der Waals surface area contributed by atoms with Crippen molar-refractivity contribution in [1.82, 2.24) is 20.4 Å². The topological polar surface area (TPSA) is 71.3 Å². The van der Waals surface area contributed by atoms with Gasteiger partial charge in [-0.3, -0.25) is 4.79 Å². The number of hydrogen-bond acceptors (Lipinski definition) is 5. The van der Waals surface area contributed by atoms with E-state index in [1.807, 2.05) is 4.90 Å². The minimum absolute atomic E-state index is 0.0396. The summed E-state index contributed by atoms with van der Waals surface area (Å²) in [5.74, 6) is 0.556. The first-order valence-corrected chi connectivity index (χ1v) is 7.04. The summed E-state index contributed by atoms with van der Waals surface area (Å²) in [5, 5.41) is 7.20. The van der Waals surface area contributed by atoms with E-state index in [1.54, 1.807) is 6.92 Å². The number of nitrogens with one attached hydrogen (secondary N) is 1. The van der Waals surface area contributed by atoms with Crippen molar-refractivity contribution in [1.29, 1.82) is 0 Å². The highest BCUT2D eigenvalue weighted by atomic mass is 16.5.